The Morgan fingerprint density at radius 1 is 1.30 bits per heavy atom. The SMILES string of the molecule is C[Si](C)(C)C#CCOC(=O)C(=[N+]=[N-])C(=O)OCCC1C=CCC1. The van der Waals surface area contributed by atoms with Crippen LogP contribution in [0.15, 0.2) is 12.2 Å². The van der Waals surface area contributed by atoms with E-state index in [1.165, 1.54) is 0 Å². The maximum Gasteiger partial charge on any atom is 0.482 e. The van der Waals surface area contributed by atoms with E-state index in [9.17, 15) is 9.59 Å². The Balaban J connectivity index is 2.39. The minimum Gasteiger partial charge on any atom is -0.457 e. The van der Waals surface area contributed by atoms with Gasteiger partial charge in [0, 0.05) is 0 Å². The van der Waals surface area contributed by atoms with E-state index in [2.05, 4.69) is 48.0 Å². The second-order valence-corrected chi connectivity index (χ2v) is 11.0. The van der Waals surface area contributed by atoms with Gasteiger partial charge < -0.3 is 15.0 Å². The first-order valence-corrected chi connectivity index (χ1v) is 11.1. The number of carbonyl (C=O) groups excluding carboxylic acids is 2. The zero-order valence-electron chi connectivity index (χ0n) is 13.8. The lowest BCUT2D eigenvalue weighted by Gasteiger charge is -2.06. The molecule has 1 unspecified atom stereocenters. The van der Waals surface area contributed by atoms with Crippen molar-refractivity contribution in [3.05, 3.63) is 17.7 Å². The van der Waals surface area contributed by atoms with Gasteiger partial charge >= 0.3 is 17.7 Å². The van der Waals surface area contributed by atoms with E-state index in [4.69, 9.17) is 15.0 Å². The van der Waals surface area contributed by atoms with Gasteiger partial charge in [0.1, 0.15) is 8.07 Å². The predicted molar refractivity (Wildman–Crippen MR) is 88.1 cm³/mol. The van der Waals surface area contributed by atoms with Crippen molar-refractivity contribution in [2.45, 2.75) is 38.9 Å². The van der Waals surface area contributed by atoms with Crippen molar-refractivity contribution in [1.82, 2.24) is 0 Å². The van der Waals surface area contributed by atoms with E-state index in [0.717, 1.165) is 12.8 Å². The zero-order chi connectivity index (χ0) is 17.3. The van der Waals surface area contributed by atoms with Crippen LogP contribution in [0.2, 0.25) is 19.6 Å². The Labute approximate surface area is 137 Å². The highest BCUT2D eigenvalue weighted by atomic mass is 28.3. The molecule has 1 rings (SSSR count). The Bertz CT molecular complexity index is 589. The summed E-state index contributed by atoms with van der Waals surface area (Å²) in [5.41, 5.74) is 11.1. The van der Waals surface area contributed by atoms with Crippen molar-refractivity contribution in [3.63, 3.8) is 0 Å². The number of allylic oxidation sites excluding steroid dienone is 2. The molecule has 0 N–H and O–H groups in total. The minimum atomic E-state index is -1.55. The summed E-state index contributed by atoms with van der Waals surface area (Å²) in [5.74, 6) is 1.09. The molecular weight excluding hydrogens is 312 g/mol. The van der Waals surface area contributed by atoms with E-state index in [1.807, 2.05) is 0 Å². The number of rotatable bonds is 6. The molecule has 0 aromatic heterocycles. The molecule has 0 fully saturated rings. The third kappa shape index (κ3) is 7.59. The quantitative estimate of drug-likeness (QED) is 0.109. The fourth-order valence-corrected chi connectivity index (χ4v) is 2.55. The van der Waals surface area contributed by atoms with Crippen LogP contribution < -0.4 is 0 Å². The summed E-state index contributed by atoms with van der Waals surface area (Å²) in [6, 6.07) is 0. The van der Waals surface area contributed by atoms with Gasteiger partial charge in [-0.05, 0) is 25.2 Å². The molecule has 0 bridgehead atoms. The summed E-state index contributed by atoms with van der Waals surface area (Å²) >= 11 is 0. The lowest BCUT2D eigenvalue weighted by atomic mass is 10.1. The normalized spacial score (nSPS) is 16.0. The van der Waals surface area contributed by atoms with Crippen LogP contribution in [0.4, 0.5) is 0 Å². The van der Waals surface area contributed by atoms with Crippen molar-refractivity contribution < 1.29 is 23.9 Å². The van der Waals surface area contributed by atoms with Gasteiger partial charge in [-0.1, -0.05) is 37.7 Å². The Morgan fingerprint density at radius 2 is 2.00 bits per heavy atom. The van der Waals surface area contributed by atoms with E-state index in [0.29, 0.717) is 12.3 Å². The van der Waals surface area contributed by atoms with Crippen LogP contribution in [0, 0.1) is 17.4 Å². The summed E-state index contributed by atoms with van der Waals surface area (Å²) in [5, 5.41) is 0. The molecule has 0 saturated heterocycles. The predicted octanol–water partition coefficient (Wildman–Crippen LogP) is 1.98. The number of carbonyl (C=O) groups is 2. The highest BCUT2D eigenvalue weighted by Gasteiger charge is 2.33. The van der Waals surface area contributed by atoms with Crippen LogP contribution in [0.1, 0.15) is 19.3 Å². The first-order chi connectivity index (χ1) is 10.8. The lowest BCUT2D eigenvalue weighted by molar-refractivity contribution is -0.148. The van der Waals surface area contributed by atoms with Gasteiger partial charge in [-0.15, -0.1) is 5.54 Å². The van der Waals surface area contributed by atoms with Crippen molar-refractivity contribution >= 4 is 25.7 Å². The van der Waals surface area contributed by atoms with Crippen molar-refractivity contribution in [2.24, 2.45) is 5.92 Å². The van der Waals surface area contributed by atoms with Gasteiger partial charge in [-0.2, -0.15) is 4.79 Å². The Hall–Kier alpha value is -2.16. The molecule has 124 valence electrons. The average Bonchev–Trinajstić information content (AvgIpc) is 2.96. The largest absolute Gasteiger partial charge is 0.482 e. The number of nitrogens with zero attached hydrogens (tertiary/aromatic N) is 2. The number of hydrogen-bond donors (Lipinski definition) is 0. The maximum atomic E-state index is 11.7. The number of esters is 2. The maximum absolute atomic E-state index is 11.7. The third-order valence-electron chi connectivity index (χ3n) is 3.06. The first-order valence-electron chi connectivity index (χ1n) is 7.56. The fourth-order valence-electron chi connectivity index (χ4n) is 1.94. The van der Waals surface area contributed by atoms with Crippen LogP contribution in [-0.2, 0) is 19.1 Å². The van der Waals surface area contributed by atoms with Crippen LogP contribution in [0.25, 0.3) is 5.53 Å². The molecule has 0 aromatic rings. The molecule has 1 aliphatic rings. The van der Waals surface area contributed by atoms with Crippen LogP contribution in [-0.4, -0.2) is 43.7 Å². The summed E-state index contributed by atoms with van der Waals surface area (Å²) in [4.78, 5) is 26.1. The van der Waals surface area contributed by atoms with E-state index >= 15 is 0 Å². The van der Waals surface area contributed by atoms with Crippen molar-refractivity contribution in [3.8, 4) is 11.5 Å². The molecule has 0 saturated carbocycles. The minimum absolute atomic E-state index is 0.151. The monoisotopic (exact) mass is 334 g/mol. The number of hydrogen-bond acceptors (Lipinski definition) is 4. The zero-order valence-corrected chi connectivity index (χ0v) is 14.8. The van der Waals surface area contributed by atoms with Gasteiger partial charge in [0.25, 0.3) is 0 Å². The highest BCUT2D eigenvalue weighted by molar-refractivity contribution is 6.83. The molecule has 0 spiro atoms. The topological polar surface area (TPSA) is 89.0 Å². The standard InChI is InChI=1S/C16H22N2O4Si/c1-23(2,3)12-6-10-21-15(19)14(18-17)16(20)22-11-9-13-7-4-5-8-13/h4,7,13H,5,8-11H2,1-3H3. The summed E-state index contributed by atoms with van der Waals surface area (Å²) < 4.78 is 9.74. The molecule has 1 aliphatic carbocycles. The first kappa shape index (κ1) is 18.9. The van der Waals surface area contributed by atoms with E-state index in [1.54, 1.807) is 0 Å². The van der Waals surface area contributed by atoms with Gasteiger partial charge in [-0.3, -0.25) is 0 Å². The molecule has 0 aliphatic heterocycles. The lowest BCUT2D eigenvalue weighted by Crippen LogP contribution is -2.30. The van der Waals surface area contributed by atoms with Crippen molar-refractivity contribution in [2.75, 3.05) is 13.2 Å². The number of ether oxygens (including phenoxy) is 2. The molecule has 0 radical (unpaired) electrons. The van der Waals surface area contributed by atoms with Crippen LogP contribution >= 0.6 is 0 Å². The van der Waals surface area contributed by atoms with Crippen molar-refractivity contribution in [1.29, 1.82) is 0 Å². The average molecular weight is 334 g/mol. The van der Waals surface area contributed by atoms with Gasteiger partial charge in [0.2, 0.25) is 0 Å². The fraction of sp³-hybridized carbons (Fsp3) is 0.562. The Kier molecular flexibility index (Phi) is 7.46. The molecule has 1 atom stereocenters. The molecule has 0 amide bonds. The smallest absolute Gasteiger partial charge is 0.457 e. The molecule has 23 heavy (non-hydrogen) atoms. The molecule has 7 heteroatoms. The van der Waals surface area contributed by atoms with Gasteiger partial charge in [0.05, 0.1) is 6.61 Å². The summed E-state index contributed by atoms with van der Waals surface area (Å²) in [7, 11) is -1.55. The van der Waals surface area contributed by atoms with Crippen LogP contribution in [0.5, 0.6) is 0 Å². The molecule has 6 nitrogen and oxygen atoms in total. The Morgan fingerprint density at radius 3 is 2.57 bits per heavy atom. The summed E-state index contributed by atoms with van der Waals surface area (Å²) in [6.45, 7) is 6.18. The van der Waals surface area contributed by atoms with E-state index < -0.39 is 25.7 Å². The highest BCUT2D eigenvalue weighted by Crippen LogP contribution is 2.19. The third-order valence-corrected chi connectivity index (χ3v) is 3.99. The molecular formula is C16H22N2O4Si. The second kappa shape index (κ2) is 9.08. The molecule has 0 heterocycles. The van der Waals surface area contributed by atoms with Gasteiger partial charge in [-0.25, -0.2) is 9.59 Å². The van der Waals surface area contributed by atoms with E-state index in [-0.39, 0.29) is 13.2 Å². The summed E-state index contributed by atoms with van der Waals surface area (Å²) in [6.07, 6.45) is 6.92. The second-order valence-electron chi connectivity index (χ2n) is 6.27. The van der Waals surface area contributed by atoms with Gasteiger partial charge in [0.15, 0.2) is 6.61 Å². The van der Waals surface area contributed by atoms with Crippen LogP contribution in [0.3, 0.4) is 0 Å². The molecule has 0 aromatic carbocycles.